The maximum Gasteiger partial charge on any atom is 0.251 e. The molecule has 0 aliphatic carbocycles. The van der Waals surface area contributed by atoms with Gasteiger partial charge in [0.25, 0.3) is 5.91 Å². The van der Waals surface area contributed by atoms with E-state index in [4.69, 9.17) is 9.88 Å². The van der Waals surface area contributed by atoms with Crippen molar-refractivity contribution in [2.75, 3.05) is 37.5 Å². The predicted molar refractivity (Wildman–Crippen MR) is 111 cm³/mol. The van der Waals surface area contributed by atoms with Gasteiger partial charge in [-0.3, -0.25) is 9.59 Å². The van der Waals surface area contributed by atoms with Gasteiger partial charge < -0.3 is 20.3 Å². The molecule has 2 amide bonds. The summed E-state index contributed by atoms with van der Waals surface area (Å²) >= 11 is 0. The molecule has 0 bridgehead atoms. The van der Waals surface area contributed by atoms with Crippen LogP contribution in [0.25, 0.3) is 0 Å². The summed E-state index contributed by atoms with van der Waals surface area (Å²) in [7, 11) is -0.432. The minimum absolute atomic E-state index is 0.128. The van der Waals surface area contributed by atoms with Gasteiger partial charge in [-0.15, -0.1) is 0 Å². The zero-order valence-corrected chi connectivity index (χ0v) is 17.2. The van der Waals surface area contributed by atoms with Crippen molar-refractivity contribution in [3.63, 3.8) is 0 Å². The zero-order chi connectivity index (χ0) is 21.6. The fourth-order valence-electron chi connectivity index (χ4n) is 2.51. The molecule has 0 aromatic heterocycles. The highest BCUT2D eigenvalue weighted by molar-refractivity contribution is 7.89. The monoisotopic (exact) mass is 420 g/mol. The van der Waals surface area contributed by atoms with Crippen LogP contribution in [-0.4, -0.2) is 47.5 Å². The Balaban J connectivity index is 2.05. The first-order chi connectivity index (χ1) is 13.6. The molecular weight excluding hydrogens is 396 g/mol. The normalized spacial score (nSPS) is 10.9. The summed E-state index contributed by atoms with van der Waals surface area (Å²) in [6.07, 6.45) is 0. The number of hydrogen-bond acceptors (Lipinski definition) is 6. The number of nitrogens with two attached hydrogens (primary N) is 1. The van der Waals surface area contributed by atoms with Gasteiger partial charge in [-0.25, -0.2) is 13.6 Å². The molecule has 156 valence electrons. The van der Waals surface area contributed by atoms with Crippen LogP contribution in [0.1, 0.15) is 17.3 Å². The van der Waals surface area contributed by atoms with E-state index in [2.05, 4.69) is 10.6 Å². The van der Waals surface area contributed by atoms with E-state index in [9.17, 15) is 18.0 Å². The van der Waals surface area contributed by atoms with Gasteiger partial charge >= 0.3 is 0 Å². The number of amides is 2. The highest BCUT2D eigenvalue weighted by Gasteiger charge is 2.15. The topological polar surface area (TPSA) is 131 Å². The van der Waals surface area contributed by atoms with Crippen LogP contribution in [0.3, 0.4) is 0 Å². The number of carbonyl (C=O) groups is 2. The summed E-state index contributed by atoms with van der Waals surface area (Å²) in [5.41, 5.74) is 1.23. The van der Waals surface area contributed by atoms with Crippen LogP contribution in [0, 0.1) is 0 Å². The fourth-order valence-corrected chi connectivity index (χ4v) is 3.05. The van der Waals surface area contributed by atoms with Crippen LogP contribution < -0.4 is 25.4 Å². The van der Waals surface area contributed by atoms with Crippen LogP contribution in [0.5, 0.6) is 5.75 Å². The number of hydrogen-bond donors (Lipinski definition) is 3. The van der Waals surface area contributed by atoms with Gasteiger partial charge in [0.2, 0.25) is 15.9 Å². The second-order valence-corrected chi connectivity index (χ2v) is 7.87. The Kier molecular flexibility index (Phi) is 7.18. The number of ether oxygens (including phenoxy) is 1. The highest BCUT2D eigenvalue weighted by atomic mass is 32.2. The lowest BCUT2D eigenvalue weighted by molar-refractivity contribution is -0.115. The first-order valence-electron chi connectivity index (χ1n) is 8.77. The predicted octanol–water partition coefficient (Wildman–Crippen LogP) is 1.17. The standard InChI is InChI=1S/C19H24N4O5S/c1-4-28-14-7-5-13(6-8-14)19(25)21-12-18(24)22-16-11-15(29(20,26)27)9-10-17(16)23(2)3/h5-11H,4,12H2,1-3H3,(H,21,25)(H,22,24)(H2,20,26,27). The van der Waals surface area contributed by atoms with Crippen molar-refractivity contribution < 1.29 is 22.7 Å². The molecule has 0 heterocycles. The molecular formula is C19H24N4O5S. The number of primary sulfonamides is 1. The molecule has 0 saturated heterocycles. The van der Waals surface area contributed by atoms with Crippen molar-refractivity contribution in [1.29, 1.82) is 0 Å². The smallest absolute Gasteiger partial charge is 0.251 e. The van der Waals surface area contributed by atoms with Gasteiger partial charge in [-0.1, -0.05) is 0 Å². The molecule has 0 aliphatic heterocycles. The molecule has 0 radical (unpaired) electrons. The molecule has 0 spiro atoms. The Labute approximate surface area is 169 Å². The van der Waals surface area contributed by atoms with Crippen molar-refractivity contribution in [2.45, 2.75) is 11.8 Å². The van der Waals surface area contributed by atoms with Gasteiger partial charge in [0.15, 0.2) is 0 Å². The maximum absolute atomic E-state index is 12.3. The van der Waals surface area contributed by atoms with E-state index in [1.807, 2.05) is 6.92 Å². The summed E-state index contributed by atoms with van der Waals surface area (Å²) in [5, 5.41) is 10.3. The molecule has 10 heteroatoms. The number of anilines is 2. The third-order valence-electron chi connectivity index (χ3n) is 3.89. The second-order valence-electron chi connectivity index (χ2n) is 6.31. The Morgan fingerprint density at radius 3 is 2.31 bits per heavy atom. The number of carbonyl (C=O) groups excluding carboxylic acids is 2. The van der Waals surface area contributed by atoms with E-state index in [0.29, 0.717) is 23.6 Å². The average Bonchev–Trinajstić information content (AvgIpc) is 2.66. The number of nitrogens with zero attached hydrogens (tertiary/aromatic N) is 1. The number of nitrogens with one attached hydrogen (secondary N) is 2. The minimum Gasteiger partial charge on any atom is -0.494 e. The first kappa shape index (κ1) is 22.2. The van der Waals surface area contributed by atoms with Gasteiger partial charge in [0.05, 0.1) is 29.4 Å². The molecule has 0 atom stereocenters. The van der Waals surface area contributed by atoms with Gasteiger partial charge in [0, 0.05) is 19.7 Å². The van der Waals surface area contributed by atoms with Crippen molar-refractivity contribution in [3.8, 4) is 5.75 Å². The lowest BCUT2D eigenvalue weighted by atomic mass is 10.2. The molecule has 29 heavy (non-hydrogen) atoms. The van der Waals surface area contributed by atoms with E-state index in [1.165, 1.54) is 18.2 Å². The summed E-state index contributed by atoms with van der Waals surface area (Å²) in [6, 6.07) is 10.7. The quantitative estimate of drug-likeness (QED) is 0.587. The Hall–Kier alpha value is -3.11. The Morgan fingerprint density at radius 1 is 1.10 bits per heavy atom. The van der Waals surface area contributed by atoms with Gasteiger partial charge in [-0.2, -0.15) is 0 Å². The third kappa shape index (κ3) is 6.19. The van der Waals surface area contributed by atoms with E-state index in [-0.39, 0.29) is 17.1 Å². The molecule has 0 saturated carbocycles. The lowest BCUT2D eigenvalue weighted by Crippen LogP contribution is -2.33. The van der Waals surface area contributed by atoms with Crippen molar-refractivity contribution in [2.24, 2.45) is 5.14 Å². The van der Waals surface area contributed by atoms with Crippen LogP contribution in [0.2, 0.25) is 0 Å². The first-order valence-corrected chi connectivity index (χ1v) is 10.3. The summed E-state index contributed by atoms with van der Waals surface area (Å²) in [5.74, 6) is -0.291. The zero-order valence-electron chi connectivity index (χ0n) is 16.4. The molecule has 0 fully saturated rings. The van der Waals surface area contributed by atoms with Crippen molar-refractivity contribution in [1.82, 2.24) is 5.32 Å². The second kappa shape index (κ2) is 9.39. The van der Waals surface area contributed by atoms with Crippen molar-refractivity contribution >= 4 is 33.2 Å². The molecule has 2 rings (SSSR count). The van der Waals surface area contributed by atoms with E-state index >= 15 is 0 Å². The van der Waals surface area contributed by atoms with Gasteiger partial charge in [-0.05, 0) is 49.4 Å². The summed E-state index contributed by atoms with van der Waals surface area (Å²) in [6.45, 7) is 2.09. The van der Waals surface area contributed by atoms with E-state index < -0.39 is 21.8 Å². The lowest BCUT2D eigenvalue weighted by Gasteiger charge is -2.19. The highest BCUT2D eigenvalue weighted by Crippen LogP contribution is 2.27. The largest absolute Gasteiger partial charge is 0.494 e. The maximum atomic E-state index is 12.3. The average molecular weight is 420 g/mol. The Morgan fingerprint density at radius 2 is 1.76 bits per heavy atom. The SMILES string of the molecule is CCOc1ccc(C(=O)NCC(=O)Nc2cc(S(N)(=O)=O)ccc2N(C)C)cc1. The van der Waals surface area contributed by atoms with Gasteiger partial charge in [0.1, 0.15) is 5.75 Å². The molecule has 0 aliphatic rings. The van der Waals surface area contributed by atoms with E-state index in [1.54, 1.807) is 43.3 Å². The number of sulfonamides is 1. The fraction of sp³-hybridized carbons (Fsp3) is 0.263. The number of rotatable bonds is 8. The summed E-state index contributed by atoms with van der Waals surface area (Å²) < 4.78 is 28.5. The molecule has 4 N–H and O–H groups in total. The molecule has 2 aromatic rings. The Bertz CT molecular complexity index is 988. The van der Waals surface area contributed by atoms with Crippen molar-refractivity contribution in [3.05, 3.63) is 48.0 Å². The molecule has 9 nitrogen and oxygen atoms in total. The molecule has 0 unspecified atom stereocenters. The summed E-state index contributed by atoms with van der Waals surface area (Å²) in [4.78, 5) is 26.1. The number of benzene rings is 2. The minimum atomic E-state index is -3.92. The van der Waals surface area contributed by atoms with Crippen LogP contribution >= 0.6 is 0 Å². The third-order valence-corrected chi connectivity index (χ3v) is 4.80. The van der Waals surface area contributed by atoms with Crippen LogP contribution in [0.15, 0.2) is 47.4 Å². The van der Waals surface area contributed by atoms with Crippen LogP contribution in [0.4, 0.5) is 11.4 Å². The van der Waals surface area contributed by atoms with E-state index in [0.717, 1.165) is 0 Å². The molecule has 2 aromatic carbocycles. The van der Waals surface area contributed by atoms with Crippen LogP contribution in [-0.2, 0) is 14.8 Å².